The zero-order valence-corrected chi connectivity index (χ0v) is 14.3. The molecular weight excluding hydrogens is 320 g/mol. The van der Waals surface area contributed by atoms with Crippen LogP contribution >= 0.6 is 11.3 Å². The molecule has 0 fully saturated rings. The van der Waals surface area contributed by atoms with Crippen molar-refractivity contribution in [1.82, 2.24) is 10.3 Å². The van der Waals surface area contributed by atoms with Crippen LogP contribution in [0.15, 0.2) is 57.5 Å². The minimum absolute atomic E-state index is 0.0517. The van der Waals surface area contributed by atoms with Gasteiger partial charge in [-0.1, -0.05) is 6.07 Å². The van der Waals surface area contributed by atoms with Crippen molar-refractivity contribution in [1.29, 1.82) is 0 Å². The molecule has 6 heteroatoms. The van der Waals surface area contributed by atoms with Crippen molar-refractivity contribution in [3.8, 4) is 0 Å². The summed E-state index contributed by atoms with van der Waals surface area (Å²) in [5.41, 5.74) is 2.74. The first-order valence-corrected chi connectivity index (χ1v) is 8.71. The highest BCUT2D eigenvalue weighted by atomic mass is 32.1. The predicted molar refractivity (Wildman–Crippen MR) is 96.9 cm³/mol. The second kappa shape index (κ2) is 6.22. The van der Waals surface area contributed by atoms with Crippen LogP contribution in [-0.4, -0.2) is 23.9 Å². The van der Waals surface area contributed by atoms with Crippen LogP contribution in [0, 0.1) is 6.92 Å². The summed E-state index contributed by atoms with van der Waals surface area (Å²) < 4.78 is 5.65. The van der Waals surface area contributed by atoms with E-state index >= 15 is 0 Å². The Kier molecular flexibility index (Phi) is 3.92. The summed E-state index contributed by atoms with van der Waals surface area (Å²) in [6, 6.07) is 12.0. The maximum absolute atomic E-state index is 5.65. The third kappa shape index (κ3) is 2.64. The first-order valence-electron chi connectivity index (χ1n) is 7.83. The molecule has 24 heavy (non-hydrogen) atoms. The van der Waals surface area contributed by atoms with E-state index in [-0.39, 0.29) is 12.2 Å². The molecule has 4 rings (SSSR count). The summed E-state index contributed by atoms with van der Waals surface area (Å²) in [6.07, 6.45) is 1.62. The summed E-state index contributed by atoms with van der Waals surface area (Å²) >= 11 is 1.70. The number of likely N-dealkylation sites (N-methyl/N-ethyl adjacent to an activating group) is 1. The fourth-order valence-electron chi connectivity index (χ4n) is 2.89. The maximum atomic E-state index is 5.65. The number of furan rings is 1. The third-order valence-electron chi connectivity index (χ3n) is 4.07. The Balaban J connectivity index is 1.92. The maximum Gasteiger partial charge on any atom is 0.152 e. The van der Waals surface area contributed by atoms with Crippen LogP contribution in [0.1, 0.15) is 27.9 Å². The minimum atomic E-state index is -0.0652. The zero-order chi connectivity index (χ0) is 16.5. The average molecular weight is 338 g/mol. The van der Waals surface area contributed by atoms with Gasteiger partial charge in [0, 0.05) is 16.1 Å². The average Bonchev–Trinajstić information content (AvgIpc) is 3.27. The third-order valence-corrected chi connectivity index (χ3v) is 5.01. The number of nitrogens with zero attached hydrogens (tertiary/aromatic N) is 2. The van der Waals surface area contributed by atoms with Crippen LogP contribution in [0.2, 0.25) is 0 Å². The Labute approximate surface area is 144 Å². The standard InChI is InChI=1S/C18H18N4OS/c1-11-7-8-12-15(13-5-3-9-23-13)21-16(14-6-4-10-24-14)18(19-2)22-17(12)20-11/h3-10,16,18-19H,1-2H3,(H,20,22). The Morgan fingerprint density at radius 2 is 2.12 bits per heavy atom. The van der Waals surface area contributed by atoms with E-state index in [2.05, 4.69) is 39.2 Å². The number of pyridine rings is 1. The molecule has 122 valence electrons. The highest BCUT2D eigenvalue weighted by molar-refractivity contribution is 7.10. The summed E-state index contributed by atoms with van der Waals surface area (Å²) in [5.74, 6) is 1.57. The number of fused-ring (bicyclic) bond motifs is 1. The predicted octanol–water partition coefficient (Wildman–Crippen LogP) is 3.59. The Morgan fingerprint density at radius 1 is 1.21 bits per heavy atom. The van der Waals surface area contributed by atoms with Gasteiger partial charge in [0.25, 0.3) is 0 Å². The van der Waals surface area contributed by atoms with Crippen LogP contribution in [0.5, 0.6) is 0 Å². The van der Waals surface area contributed by atoms with Gasteiger partial charge in [0.15, 0.2) is 5.76 Å². The molecule has 2 atom stereocenters. The number of hydrogen-bond donors (Lipinski definition) is 2. The number of hydrogen-bond acceptors (Lipinski definition) is 6. The number of thiophene rings is 1. The SMILES string of the molecule is CNC1Nc2nc(C)ccc2C(c2ccco2)=NC1c1cccs1. The molecule has 0 aliphatic carbocycles. The second-order valence-corrected chi connectivity index (χ2v) is 6.65. The Hall–Kier alpha value is -2.44. The summed E-state index contributed by atoms with van der Waals surface area (Å²) in [7, 11) is 1.93. The number of anilines is 1. The molecule has 2 N–H and O–H groups in total. The number of aryl methyl sites for hydroxylation is 1. The van der Waals surface area contributed by atoms with Crippen LogP contribution in [0.4, 0.5) is 5.82 Å². The Morgan fingerprint density at radius 3 is 2.83 bits per heavy atom. The molecule has 5 nitrogen and oxygen atoms in total. The quantitative estimate of drug-likeness (QED) is 0.766. The number of aliphatic imine (C=N–C) groups is 1. The molecule has 0 radical (unpaired) electrons. The fourth-order valence-corrected chi connectivity index (χ4v) is 3.69. The van der Waals surface area contributed by atoms with E-state index in [9.17, 15) is 0 Å². The highest BCUT2D eigenvalue weighted by Crippen LogP contribution is 2.33. The van der Waals surface area contributed by atoms with E-state index in [1.807, 2.05) is 32.2 Å². The number of nitrogens with one attached hydrogen (secondary N) is 2. The van der Waals surface area contributed by atoms with Crippen LogP contribution < -0.4 is 10.6 Å². The first-order chi connectivity index (χ1) is 11.8. The normalized spacial score (nSPS) is 20.0. The van der Waals surface area contributed by atoms with E-state index in [0.717, 1.165) is 28.5 Å². The van der Waals surface area contributed by atoms with Gasteiger partial charge < -0.3 is 9.73 Å². The van der Waals surface area contributed by atoms with Gasteiger partial charge >= 0.3 is 0 Å². The Bertz CT molecular complexity index is 855. The van der Waals surface area contributed by atoms with Crippen molar-refractivity contribution in [2.45, 2.75) is 19.1 Å². The molecular formula is C18H18N4OS. The number of aromatic nitrogens is 1. The smallest absolute Gasteiger partial charge is 0.152 e. The van der Waals surface area contributed by atoms with E-state index in [4.69, 9.17) is 9.41 Å². The van der Waals surface area contributed by atoms with Gasteiger partial charge in [0.05, 0.1) is 6.26 Å². The van der Waals surface area contributed by atoms with Gasteiger partial charge in [-0.3, -0.25) is 10.3 Å². The molecule has 3 aromatic rings. The van der Waals surface area contributed by atoms with Gasteiger partial charge in [0.1, 0.15) is 23.7 Å². The number of rotatable bonds is 3. The van der Waals surface area contributed by atoms with Gasteiger partial charge in [-0.05, 0) is 49.7 Å². The fraction of sp³-hybridized carbons (Fsp3) is 0.222. The lowest BCUT2D eigenvalue weighted by molar-refractivity contribution is 0.524. The van der Waals surface area contributed by atoms with Crippen molar-refractivity contribution in [2.75, 3.05) is 12.4 Å². The van der Waals surface area contributed by atoms with Crippen LogP contribution in [-0.2, 0) is 0 Å². The van der Waals surface area contributed by atoms with E-state index in [0.29, 0.717) is 0 Å². The molecule has 0 aromatic carbocycles. The van der Waals surface area contributed by atoms with Gasteiger partial charge in [0.2, 0.25) is 0 Å². The molecule has 3 aromatic heterocycles. The molecule has 0 saturated carbocycles. The molecule has 4 heterocycles. The highest BCUT2D eigenvalue weighted by Gasteiger charge is 2.30. The van der Waals surface area contributed by atoms with Crippen molar-refractivity contribution in [2.24, 2.45) is 4.99 Å². The zero-order valence-electron chi connectivity index (χ0n) is 13.5. The van der Waals surface area contributed by atoms with Crippen molar-refractivity contribution < 1.29 is 4.42 Å². The monoisotopic (exact) mass is 338 g/mol. The van der Waals surface area contributed by atoms with Gasteiger partial charge in [-0.2, -0.15) is 0 Å². The van der Waals surface area contributed by atoms with Crippen molar-refractivity contribution in [3.63, 3.8) is 0 Å². The lowest BCUT2D eigenvalue weighted by Crippen LogP contribution is -2.38. The summed E-state index contributed by atoms with van der Waals surface area (Å²) in [4.78, 5) is 10.9. The molecule has 0 bridgehead atoms. The van der Waals surface area contributed by atoms with Crippen LogP contribution in [0.3, 0.4) is 0 Å². The largest absolute Gasteiger partial charge is 0.463 e. The topological polar surface area (TPSA) is 62.5 Å². The van der Waals surface area contributed by atoms with Gasteiger partial charge in [-0.25, -0.2) is 4.98 Å². The summed E-state index contributed by atoms with van der Waals surface area (Å²) in [5, 5.41) is 8.91. The lowest BCUT2D eigenvalue weighted by atomic mass is 10.1. The molecule has 0 saturated heterocycles. The molecule has 0 spiro atoms. The molecule has 1 aliphatic heterocycles. The lowest BCUT2D eigenvalue weighted by Gasteiger charge is -2.23. The van der Waals surface area contributed by atoms with E-state index < -0.39 is 0 Å². The molecule has 0 amide bonds. The molecule has 1 aliphatic rings. The van der Waals surface area contributed by atoms with Gasteiger partial charge in [-0.15, -0.1) is 11.3 Å². The first kappa shape index (κ1) is 15.1. The summed E-state index contributed by atoms with van der Waals surface area (Å²) in [6.45, 7) is 1.99. The molecule has 2 unspecified atom stereocenters. The van der Waals surface area contributed by atoms with Crippen molar-refractivity contribution in [3.05, 3.63) is 69.9 Å². The van der Waals surface area contributed by atoms with Crippen LogP contribution in [0.25, 0.3) is 0 Å². The minimum Gasteiger partial charge on any atom is -0.463 e. The van der Waals surface area contributed by atoms with E-state index in [1.165, 1.54) is 4.88 Å². The van der Waals surface area contributed by atoms with Crippen molar-refractivity contribution >= 4 is 22.9 Å². The second-order valence-electron chi connectivity index (χ2n) is 5.67. The van der Waals surface area contributed by atoms with E-state index in [1.54, 1.807) is 17.6 Å².